The molecule has 2 rings (SSSR count). The number of rotatable bonds is 3. The molecule has 0 aromatic heterocycles. The maximum absolute atomic E-state index is 11.5. The third-order valence-electron chi connectivity index (χ3n) is 3.76. The molecule has 1 aromatic carbocycles. The van der Waals surface area contributed by atoms with E-state index in [-0.39, 0.29) is 5.54 Å². The summed E-state index contributed by atoms with van der Waals surface area (Å²) in [6.45, 7) is 8.14. The van der Waals surface area contributed by atoms with E-state index in [1.54, 1.807) is 0 Å². The minimum Gasteiger partial charge on any atom is -0.480 e. The number of anilines is 1. The molecule has 3 nitrogen and oxygen atoms in total. The second kappa shape index (κ2) is 4.72. The summed E-state index contributed by atoms with van der Waals surface area (Å²) in [5.41, 5.74) is 3.05. The van der Waals surface area contributed by atoms with E-state index >= 15 is 0 Å². The Hall–Kier alpha value is -1.77. The van der Waals surface area contributed by atoms with Crippen molar-refractivity contribution in [3.8, 4) is 0 Å². The first-order chi connectivity index (χ1) is 8.88. The minimum atomic E-state index is -0.765. The van der Waals surface area contributed by atoms with Gasteiger partial charge in [-0.25, -0.2) is 4.79 Å². The summed E-state index contributed by atoms with van der Waals surface area (Å²) in [5.74, 6) is -0.765. The fourth-order valence-corrected chi connectivity index (χ4v) is 3.04. The van der Waals surface area contributed by atoms with E-state index in [4.69, 9.17) is 0 Å². The van der Waals surface area contributed by atoms with Crippen molar-refractivity contribution in [2.75, 3.05) is 4.90 Å². The van der Waals surface area contributed by atoms with Crippen LogP contribution in [0.4, 0.5) is 5.69 Å². The summed E-state index contributed by atoms with van der Waals surface area (Å²) >= 11 is 0. The van der Waals surface area contributed by atoms with E-state index in [9.17, 15) is 9.90 Å². The Morgan fingerprint density at radius 1 is 1.37 bits per heavy atom. The lowest BCUT2D eigenvalue weighted by atomic mass is 9.87. The smallest absolute Gasteiger partial charge is 0.326 e. The molecule has 1 aromatic rings. The van der Waals surface area contributed by atoms with E-state index in [0.29, 0.717) is 6.42 Å². The van der Waals surface area contributed by atoms with E-state index in [1.807, 2.05) is 30.0 Å². The molecule has 0 saturated heterocycles. The average Bonchev–Trinajstić information content (AvgIpc) is 2.33. The molecule has 1 aliphatic rings. The first-order valence-corrected chi connectivity index (χ1v) is 6.69. The van der Waals surface area contributed by atoms with E-state index < -0.39 is 12.0 Å². The van der Waals surface area contributed by atoms with Gasteiger partial charge >= 0.3 is 5.97 Å². The largest absolute Gasteiger partial charge is 0.480 e. The molecule has 0 amide bonds. The van der Waals surface area contributed by atoms with Gasteiger partial charge in [0.25, 0.3) is 0 Å². The molecule has 0 radical (unpaired) electrons. The third-order valence-corrected chi connectivity index (χ3v) is 3.76. The first kappa shape index (κ1) is 13.7. The average molecular weight is 259 g/mol. The maximum Gasteiger partial charge on any atom is 0.326 e. The Balaban J connectivity index is 2.61. The van der Waals surface area contributed by atoms with Crippen molar-refractivity contribution < 1.29 is 9.90 Å². The molecule has 1 unspecified atom stereocenters. The van der Waals surface area contributed by atoms with Crippen molar-refractivity contribution >= 4 is 17.2 Å². The van der Waals surface area contributed by atoms with Crippen LogP contribution in [0.2, 0.25) is 0 Å². The fraction of sp³-hybridized carbons (Fsp3) is 0.438. The molecule has 102 valence electrons. The number of benzene rings is 1. The summed E-state index contributed by atoms with van der Waals surface area (Å²) in [4.78, 5) is 13.6. The van der Waals surface area contributed by atoms with Crippen LogP contribution in [0.5, 0.6) is 0 Å². The molecule has 0 saturated carbocycles. The van der Waals surface area contributed by atoms with Gasteiger partial charge in [0.1, 0.15) is 6.04 Å². The van der Waals surface area contributed by atoms with Gasteiger partial charge in [-0.15, -0.1) is 0 Å². The van der Waals surface area contributed by atoms with E-state index in [2.05, 4.69) is 32.9 Å². The lowest BCUT2D eigenvalue weighted by Gasteiger charge is -2.46. The topological polar surface area (TPSA) is 40.5 Å². The highest BCUT2D eigenvalue weighted by Crippen LogP contribution is 2.40. The molecular weight excluding hydrogens is 238 g/mol. The molecule has 1 atom stereocenters. The van der Waals surface area contributed by atoms with Crippen LogP contribution in [-0.2, 0) is 4.79 Å². The van der Waals surface area contributed by atoms with E-state index in [1.165, 1.54) is 5.57 Å². The molecule has 0 bridgehead atoms. The lowest BCUT2D eigenvalue weighted by Crippen LogP contribution is -2.54. The quantitative estimate of drug-likeness (QED) is 0.902. The van der Waals surface area contributed by atoms with Gasteiger partial charge in [-0.1, -0.05) is 31.2 Å². The van der Waals surface area contributed by atoms with Gasteiger partial charge in [0.05, 0.1) is 5.54 Å². The summed E-state index contributed by atoms with van der Waals surface area (Å²) in [5, 5.41) is 9.49. The highest BCUT2D eigenvalue weighted by atomic mass is 16.4. The second-order valence-corrected chi connectivity index (χ2v) is 5.63. The van der Waals surface area contributed by atoms with Crippen molar-refractivity contribution in [2.24, 2.45) is 0 Å². The van der Waals surface area contributed by atoms with Gasteiger partial charge in [-0.3, -0.25) is 0 Å². The Bertz CT molecular complexity index is 531. The Morgan fingerprint density at radius 3 is 2.58 bits per heavy atom. The maximum atomic E-state index is 11.5. The Kier molecular flexibility index (Phi) is 3.40. The molecule has 19 heavy (non-hydrogen) atoms. The van der Waals surface area contributed by atoms with Crippen LogP contribution in [0.25, 0.3) is 5.57 Å². The van der Waals surface area contributed by atoms with Gasteiger partial charge in [-0.05, 0) is 38.8 Å². The summed E-state index contributed by atoms with van der Waals surface area (Å²) in [6.07, 6.45) is 2.74. The van der Waals surface area contributed by atoms with Gasteiger partial charge < -0.3 is 10.0 Å². The number of para-hydroxylation sites is 1. The first-order valence-electron chi connectivity index (χ1n) is 6.69. The zero-order chi connectivity index (χ0) is 14.2. The number of nitrogens with zero attached hydrogens (tertiary/aromatic N) is 1. The van der Waals surface area contributed by atoms with Gasteiger partial charge in [-0.2, -0.15) is 0 Å². The number of carboxylic acids is 1. The molecule has 0 spiro atoms. The summed E-state index contributed by atoms with van der Waals surface area (Å²) < 4.78 is 0. The molecule has 3 heteroatoms. The van der Waals surface area contributed by atoms with Crippen LogP contribution in [0.15, 0.2) is 30.3 Å². The van der Waals surface area contributed by atoms with Crippen molar-refractivity contribution in [2.45, 2.75) is 45.7 Å². The highest BCUT2D eigenvalue weighted by Gasteiger charge is 2.38. The molecule has 0 fully saturated rings. The standard InChI is InChI=1S/C16H21NO2/c1-5-13(15(18)19)17-14-9-7-6-8-12(14)11(2)10-16(17,3)4/h6-10,13H,5H2,1-4H3,(H,18,19). The predicted molar refractivity (Wildman–Crippen MR) is 78.4 cm³/mol. The van der Waals surface area contributed by atoms with Crippen LogP contribution in [0, 0.1) is 0 Å². The van der Waals surface area contributed by atoms with Gasteiger partial charge in [0.2, 0.25) is 0 Å². The van der Waals surface area contributed by atoms with Crippen LogP contribution < -0.4 is 4.90 Å². The normalized spacial score (nSPS) is 18.5. The van der Waals surface area contributed by atoms with Gasteiger partial charge in [0, 0.05) is 11.3 Å². The van der Waals surface area contributed by atoms with Crippen molar-refractivity contribution in [3.05, 3.63) is 35.9 Å². The van der Waals surface area contributed by atoms with Gasteiger partial charge in [0.15, 0.2) is 0 Å². The number of hydrogen-bond acceptors (Lipinski definition) is 2. The monoisotopic (exact) mass is 259 g/mol. The van der Waals surface area contributed by atoms with Crippen molar-refractivity contribution in [1.82, 2.24) is 0 Å². The highest BCUT2D eigenvalue weighted by molar-refractivity contribution is 5.86. The van der Waals surface area contributed by atoms with Crippen LogP contribution in [-0.4, -0.2) is 22.7 Å². The Morgan fingerprint density at radius 2 is 2.00 bits per heavy atom. The van der Waals surface area contributed by atoms with E-state index in [0.717, 1.165) is 11.3 Å². The zero-order valence-electron chi connectivity index (χ0n) is 12.0. The second-order valence-electron chi connectivity index (χ2n) is 5.63. The predicted octanol–water partition coefficient (Wildman–Crippen LogP) is 3.55. The fourth-order valence-electron chi connectivity index (χ4n) is 3.04. The number of aliphatic carboxylic acids is 1. The lowest BCUT2D eigenvalue weighted by molar-refractivity contribution is -0.139. The molecule has 1 aliphatic heterocycles. The number of carboxylic acid groups (broad SMARTS) is 1. The third kappa shape index (κ3) is 2.25. The Labute approximate surface area is 114 Å². The van der Waals surface area contributed by atoms with Crippen molar-refractivity contribution in [1.29, 1.82) is 0 Å². The van der Waals surface area contributed by atoms with Crippen LogP contribution in [0.1, 0.15) is 39.7 Å². The molecular formula is C16H21NO2. The zero-order valence-corrected chi connectivity index (χ0v) is 12.0. The number of carbonyl (C=O) groups is 1. The minimum absolute atomic E-state index is 0.294. The SMILES string of the molecule is CCC(C(=O)O)N1c2ccccc2C(C)=CC1(C)C. The van der Waals surface area contributed by atoms with Crippen LogP contribution >= 0.6 is 0 Å². The molecule has 1 heterocycles. The van der Waals surface area contributed by atoms with Crippen LogP contribution in [0.3, 0.4) is 0 Å². The number of fused-ring (bicyclic) bond motifs is 1. The van der Waals surface area contributed by atoms with Crippen molar-refractivity contribution in [3.63, 3.8) is 0 Å². The summed E-state index contributed by atoms with van der Waals surface area (Å²) in [6, 6.07) is 7.53. The molecule has 0 aliphatic carbocycles. The number of hydrogen-bond donors (Lipinski definition) is 1. The summed E-state index contributed by atoms with van der Waals surface area (Å²) in [7, 11) is 0. The number of allylic oxidation sites excluding steroid dienone is 1. The molecule has 1 N–H and O–H groups in total.